The van der Waals surface area contributed by atoms with E-state index < -0.39 is 0 Å². The molecule has 1 aromatic carbocycles. The maximum Gasteiger partial charge on any atom is 0.270 e. The van der Waals surface area contributed by atoms with Crippen LogP contribution in [0.4, 0.5) is 4.39 Å². The summed E-state index contributed by atoms with van der Waals surface area (Å²) in [6.07, 6.45) is 1.90. The van der Waals surface area contributed by atoms with Crippen molar-refractivity contribution in [2.75, 3.05) is 0 Å². The predicted octanol–water partition coefficient (Wildman–Crippen LogP) is 3.08. The molecule has 0 aliphatic carbocycles. The van der Waals surface area contributed by atoms with Crippen LogP contribution in [0.15, 0.2) is 30.5 Å². The fourth-order valence-electron chi connectivity index (χ4n) is 2.25. The summed E-state index contributed by atoms with van der Waals surface area (Å²) in [4.78, 5) is 18.6. The van der Waals surface area contributed by atoms with E-state index in [1.165, 1.54) is 12.1 Å². The van der Waals surface area contributed by atoms with E-state index >= 15 is 0 Å². The second-order valence-corrected chi connectivity index (χ2v) is 6.07. The van der Waals surface area contributed by atoms with E-state index in [0.717, 1.165) is 15.4 Å². The molecule has 3 rings (SSSR count). The molecule has 21 heavy (non-hydrogen) atoms. The molecule has 2 heterocycles. The number of halogens is 1. The van der Waals surface area contributed by atoms with Gasteiger partial charge in [0, 0.05) is 17.6 Å². The fourth-order valence-corrected chi connectivity index (χ4v) is 3.12. The van der Waals surface area contributed by atoms with Gasteiger partial charge in [0.2, 0.25) is 0 Å². The van der Waals surface area contributed by atoms with Crippen LogP contribution in [-0.4, -0.2) is 15.3 Å². The molecule has 3 aromatic rings. The van der Waals surface area contributed by atoms with Gasteiger partial charge in [-0.1, -0.05) is 12.1 Å². The Balaban J connectivity index is 1.82. The monoisotopic (exact) mass is 303 g/mol. The maximum absolute atomic E-state index is 13.1. The highest BCUT2D eigenvalue weighted by Crippen LogP contribution is 2.20. The van der Waals surface area contributed by atoms with Crippen molar-refractivity contribution in [1.82, 2.24) is 14.7 Å². The number of imidazole rings is 1. The van der Waals surface area contributed by atoms with Crippen LogP contribution in [0, 0.1) is 19.7 Å². The van der Waals surface area contributed by atoms with E-state index in [2.05, 4.69) is 10.3 Å². The normalized spacial score (nSPS) is 11.0. The highest BCUT2D eigenvalue weighted by molar-refractivity contribution is 7.17. The first kappa shape index (κ1) is 13.8. The van der Waals surface area contributed by atoms with Crippen LogP contribution in [0.1, 0.15) is 26.6 Å². The molecule has 108 valence electrons. The maximum atomic E-state index is 13.1. The van der Waals surface area contributed by atoms with Gasteiger partial charge in [-0.15, -0.1) is 11.3 Å². The minimum atomic E-state index is -0.307. The molecule has 0 saturated heterocycles. The summed E-state index contributed by atoms with van der Waals surface area (Å²) < 4.78 is 14.9. The summed E-state index contributed by atoms with van der Waals surface area (Å²) >= 11 is 1.54. The van der Waals surface area contributed by atoms with Gasteiger partial charge in [-0.25, -0.2) is 9.37 Å². The van der Waals surface area contributed by atoms with Gasteiger partial charge in [0.05, 0.1) is 5.69 Å². The third kappa shape index (κ3) is 2.67. The highest BCUT2D eigenvalue weighted by atomic mass is 32.1. The lowest BCUT2D eigenvalue weighted by molar-refractivity contribution is 0.0944. The quantitative estimate of drug-likeness (QED) is 0.808. The molecule has 0 spiro atoms. The Hall–Kier alpha value is -2.21. The first-order chi connectivity index (χ1) is 10.0. The number of aryl methyl sites for hydroxylation is 2. The Morgan fingerprint density at radius 3 is 3.00 bits per heavy atom. The van der Waals surface area contributed by atoms with Gasteiger partial charge < -0.3 is 5.32 Å². The minimum absolute atomic E-state index is 0.206. The Bertz CT molecular complexity index is 822. The van der Waals surface area contributed by atoms with Gasteiger partial charge in [0.25, 0.3) is 5.91 Å². The Kier molecular flexibility index (Phi) is 3.47. The molecule has 0 unspecified atom stereocenters. The third-order valence-corrected chi connectivity index (χ3v) is 4.07. The van der Waals surface area contributed by atoms with Crippen molar-refractivity contribution in [3.63, 3.8) is 0 Å². The average molecular weight is 303 g/mol. The molecule has 0 fully saturated rings. The third-order valence-electron chi connectivity index (χ3n) is 3.17. The molecule has 0 bridgehead atoms. The summed E-state index contributed by atoms with van der Waals surface area (Å²) in [6.45, 7) is 4.07. The van der Waals surface area contributed by atoms with Crippen molar-refractivity contribution in [3.05, 3.63) is 58.1 Å². The molecule has 0 aliphatic rings. The van der Waals surface area contributed by atoms with Crippen molar-refractivity contribution < 1.29 is 9.18 Å². The van der Waals surface area contributed by atoms with E-state index in [9.17, 15) is 9.18 Å². The summed E-state index contributed by atoms with van der Waals surface area (Å²) in [5.41, 5.74) is 1.95. The standard InChI is InChI=1S/C15H14FN3OS/c1-9-8-19-13(10(2)18-15(19)21-9)14(20)17-7-11-4-3-5-12(16)6-11/h3-6,8H,7H2,1-2H3,(H,17,20). The van der Waals surface area contributed by atoms with Gasteiger partial charge in [-0.3, -0.25) is 9.20 Å². The van der Waals surface area contributed by atoms with Crippen molar-refractivity contribution in [3.8, 4) is 0 Å². The van der Waals surface area contributed by atoms with Crippen LogP contribution in [-0.2, 0) is 6.54 Å². The Morgan fingerprint density at radius 2 is 2.24 bits per heavy atom. The molecular formula is C15H14FN3OS. The van der Waals surface area contributed by atoms with E-state index in [1.807, 2.05) is 20.0 Å². The minimum Gasteiger partial charge on any atom is -0.347 e. The predicted molar refractivity (Wildman–Crippen MR) is 80.1 cm³/mol. The SMILES string of the molecule is Cc1cn2c(C(=O)NCc3cccc(F)c3)c(C)nc2s1. The van der Waals surface area contributed by atoms with Gasteiger partial charge in [0.15, 0.2) is 4.96 Å². The van der Waals surface area contributed by atoms with Crippen molar-refractivity contribution in [2.24, 2.45) is 0 Å². The van der Waals surface area contributed by atoms with Crippen LogP contribution >= 0.6 is 11.3 Å². The van der Waals surface area contributed by atoms with Crippen LogP contribution in [0.3, 0.4) is 0 Å². The molecule has 0 atom stereocenters. The topological polar surface area (TPSA) is 46.4 Å². The summed E-state index contributed by atoms with van der Waals surface area (Å²) in [6, 6.07) is 6.19. The zero-order valence-corrected chi connectivity index (χ0v) is 12.5. The molecule has 0 radical (unpaired) electrons. The van der Waals surface area contributed by atoms with Crippen LogP contribution in [0.5, 0.6) is 0 Å². The van der Waals surface area contributed by atoms with Crippen LogP contribution in [0.2, 0.25) is 0 Å². The number of carbonyl (C=O) groups excluding carboxylic acids is 1. The second-order valence-electron chi connectivity index (χ2n) is 4.85. The number of carbonyl (C=O) groups is 1. The second kappa shape index (κ2) is 5.29. The smallest absolute Gasteiger partial charge is 0.270 e. The first-order valence-corrected chi connectivity index (χ1v) is 7.34. The van der Waals surface area contributed by atoms with Gasteiger partial charge >= 0.3 is 0 Å². The van der Waals surface area contributed by atoms with Crippen molar-refractivity contribution >= 4 is 22.2 Å². The molecule has 0 saturated carbocycles. The van der Waals surface area contributed by atoms with Gasteiger partial charge in [0.1, 0.15) is 11.5 Å². The van der Waals surface area contributed by atoms with E-state index in [0.29, 0.717) is 11.4 Å². The van der Waals surface area contributed by atoms with E-state index in [-0.39, 0.29) is 18.3 Å². The van der Waals surface area contributed by atoms with Crippen LogP contribution < -0.4 is 5.32 Å². The number of nitrogens with one attached hydrogen (secondary N) is 1. The lowest BCUT2D eigenvalue weighted by atomic mass is 10.2. The number of hydrogen-bond acceptors (Lipinski definition) is 3. The van der Waals surface area contributed by atoms with Gasteiger partial charge in [-0.05, 0) is 31.5 Å². The zero-order chi connectivity index (χ0) is 15.0. The van der Waals surface area contributed by atoms with Gasteiger partial charge in [-0.2, -0.15) is 0 Å². The van der Waals surface area contributed by atoms with E-state index in [4.69, 9.17) is 0 Å². The zero-order valence-electron chi connectivity index (χ0n) is 11.7. The largest absolute Gasteiger partial charge is 0.347 e. The number of thiazole rings is 1. The lowest BCUT2D eigenvalue weighted by Gasteiger charge is -2.05. The molecule has 1 amide bonds. The number of hydrogen-bond donors (Lipinski definition) is 1. The molecule has 2 aromatic heterocycles. The molecule has 4 nitrogen and oxygen atoms in total. The Labute approximate surface area is 125 Å². The number of nitrogens with zero attached hydrogens (tertiary/aromatic N) is 2. The fraction of sp³-hybridized carbons (Fsp3) is 0.200. The first-order valence-electron chi connectivity index (χ1n) is 6.52. The summed E-state index contributed by atoms with van der Waals surface area (Å²) in [5.74, 6) is -0.514. The Morgan fingerprint density at radius 1 is 1.43 bits per heavy atom. The number of amides is 1. The lowest BCUT2D eigenvalue weighted by Crippen LogP contribution is -2.24. The van der Waals surface area contributed by atoms with Crippen LogP contribution in [0.25, 0.3) is 4.96 Å². The number of benzene rings is 1. The summed E-state index contributed by atoms with van der Waals surface area (Å²) in [5, 5.41) is 2.81. The van der Waals surface area contributed by atoms with Crippen molar-refractivity contribution in [2.45, 2.75) is 20.4 Å². The van der Waals surface area contributed by atoms with E-state index in [1.54, 1.807) is 27.9 Å². The summed E-state index contributed by atoms with van der Waals surface area (Å²) in [7, 11) is 0. The highest BCUT2D eigenvalue weighted by Gasteiger charge is 2.17. The number of fused-ring (bicyclic) bond motifs is 1. The number of aromatic nitrogens is 2. The molecule has 1 N–H and O–H groups in total. The molecule has 6 heteroatoms. The number of rotatable bonds is 3. The molecular weight excluding hydrogens is 289 g/mol. The van der Waals surface area contributed by atoms with Crippen molar-refractivity contribution in [1.29, 1.82) is 0 Å². The average Bonchev–Trinajstić information content (AvgIpc) is 2.90. The molecule has 0 aliphatic heterocycles.